The molecule has 15 heavy (non-hydrogen) atoms. The summed E-state index contributed by atoms with van der Waals surface area (Å²) in [5.74, 6) is 0. The molecule has 0 aromatic carbocycles. The van der Waals surface area contributed by atoms with Gasteiger partial charge in [-0.05, 0) is 11.5 Å². The maximum atomic E-state index is 10.7. The van der Waals surface area contributed by atoms with Gasteiger partial charge in [-0.25, -0.2) is 4.98 Å². The molecule has 0 aliphatic rings. The summed E-state index contributed by atoms with van der Waals surface area (Å²) in [6.45, 7) is 6.00. The second-order valence-corrected chi connectivity index (χ2v) is 4.98. The van der Waals surface area contributed by atoms with Crippen molar-refractivity contribution in [2.75, 3.05) is 0 Å². The van der Waals surface area contributed by atoms with Gasteiger partial charge in [0.05, 0.1) is 4.92 Å². The van der Waals surface area contributed by atoms with Gasteiger partial charge in [0.25, 0.3) is 5.69 Å². The Kier molecular flexibility index (Phi) is 3.29. The summed E-state index contributed by atoms with van der Waals surface area (Å²) < 4.78 is 0. The van der Waals surface area contributed by atoms with Crippen molar-refractivity contribution < 1.29 is 4.92 Å². The van der Waals surface area contributed by atoms with Gasteiger partial charge in [0.1, 0.15) is 10.8 Å². The number of hydrogen-bond donors (Lipinski definition) is 0. The van der Waals surface area contributed by atoms with Crippen LogP contribution in [0, 0.1) is 15.5 Å². The van der Waals surface area contributed by atoms with Crippen LogP contribution >= 0.6 is 11.6 Å². The fourth-order valence-corrected chi connectivity index (χ4v) is 1.43. The summed E-state index contributed by atoms with van der Waals surface area (Å²) in [5, 5.41) is 11.0. The Balaban J connectivity index is 3.13. The highest BCUT2D eigenvalue weighted by Gasteiger charge is 2.21. The maximum absolute atomic E-state index is 10.7. The average Bonchev–Trinajstić information content (AvgIpc) is 1.99. The molecule has 0 radical (unpaired) electrons. The molecule has 82 valence electrons. The first kappa shape index (κ1) is 11.9. The number of rotatable bonds is 2. The predicted molar refractivity (Wildman–Crippen MR) is 59.1 cm³/mol. The average molecular weight is 229 g/mol. The molecule has 0 amide bonds. The molecule has 0 N–H and O–H groups in total. The molecular formula is C10H13ClN2O2. The fraction of sp³-hybridized carbons (Fsp3) is 0.500. The molecule has 1 aromatic heterocycles. The zero-order valence-electron chi connectivity index (χ0n) is 8.95. The van der Waals surface area contributed by atoms with Gasteiger partial charge >= 0.3 is 0 Å². The normalized spacial score (nSPS) is 11.5. The Morgan fingerprint density at radius 2 is 2.07 bits per heavy atom. The summed E-state index contributed by atoms with van der Waals surface area (Å²) in [4.78, 5) is 14.3. The predicted octanol–water partition coefficient (Wildman–Crippen LogP) is 3.23. The molecule has 0 aliphatic carbocycles. The van der Waals surface area contributed by atoms with Crippen molar-refractivity contribution in [1.29, 1.82) is 0 Å². The lowest BCUT2D eigenvalue weighted by Gasteiger charge is -2.17. The first-order valence-corrected chi connectivity index (χ1v) is 4.97. The molecule has 0 atom stereocenters. The van der Waals surface area contributed by atoms with Crippen LogP contribution in [0.25, 0.3) is 0 Å². The van der Waals surface area contributed by atoms with Gasteiger partial charge in [-0.1, -0.05) is 32.4 Å². The number of nitro groups is 1. The maximum Gasteiger partial charge on any atom is 0.290 e. The minimum atomic E-state index is -0.426. The third-order valence-electron chi connectivity index (χ3n) is 1.81. The molecule has 4 nitrogen and oxygen atoms in total. The van der Waals surface area contributed by atoms with Crippen LogP contribution in [0.1, 0.15) is 26.5 Å². The Bertz CT molecular complexity index is 385. The second-order valence-electron chi connectivity index (χ2n) is 4.59. The van der Waals surface area contributed by atoms with Crippen molar-refractivity contribution in [2.45, 2.75) is 27.2 Å². The molecule has 5 heteroatoms. The van der Waals surface area contributed by atoms with Crippen LogP contribution in [0.15, 0.2) is 12.1 Å². The number of pyridine rings is 1. The molecule has 1 heterocycles. The van der Waals surface area contributed by atoms with Crippen LogP contribution in [0.4, 0.5) is 5.69 Å². The van der Waals surface area contributed by atoms with E-state index in [9.17, 15) is 10.1 Å². The number of hydrogen-bond acceptors (Lipinski definition) is 3. The van der Waals surface area contributed by atoms with E-state index in [0.29, 0.717) is 17.3 Å². The number of nitrogens with zero attached hydrogens (tertiary/aromatic N) is 2. The Hall–Kier alpha value is -1.16. The molecule has 0 saturated carbocycles. The quantitative estimate of drug-likeness (QED) is 0.444. The molecule has 1 rings (SSSR count). The van der Waals surface area contributed by atoms with Gasteiger partial charge in [-0.3, -0.25) is 10.1 Å². The largest absolute Gasteiger partial charge is 0.290 e. The first-order chi connectivity index (χ1) is 6.79. The van der Waals surface area contributed by atoms with E-state index in [1.807, 2.05) is 20.8 Å². The molecule has 0 spiro atoms. The fourth-order valence-electron chi connectivity index (χ4n) is 1.27. The third kappa shape index (κ3) is 3.47. The lowest BCUT2D eigenvalue weighted by molar-refractivity contribution is -0.386. The van der Waals surface area contributed by atoms with Crippen LogP contribution in [0.5, 0.6) is 0 Å². The highest BCUT2D eigenvalue weighted by atomic mass is 35.5. The van der Waals surface area contributed by atoms with Gasteiger partial charge in [0, 0.05) is 12.5 Å². The third-order valence-corrected chi connectivity index (χ3v) is 2.02. The topological polar surface area (TPSA) is 56.0 Å². The number of halogens is 1. The van der Waals surface area contributed by atoms with E-state index < -0.39 is 4.92 Å². The zero-order chi connectivity index (χ0) is 11.6. The minimum absolute atomic E-state index is 0.0364. The molecule has 0 unspecified atom stereocenters. The lowest BCUT2D eigenvalue weighted by Crippen LogP contribution is -2.12. The molecule has 1 aromatic rings. The van der Waals surface area contributed by atoms with E-state index in [1.165, 1.54) is 12.1 Å². The lowest BCUT2D eigenvalue weighted by atomic mass is 9.90. The van der Waals surface area contributed by atoms with E-state index in [2.05, 4.69) is 4.98 Å². The zero-order valence-corrected chi connectivity index (χ0v) is 9.71. The highest BCUT2D eigenvalue weighted by molar-refractivity contribution is 6.29. The molecule has 0 bridgehead atoms. The van der Waals surface area contributed by atoms with Crippen molar-refractivity contribution >= 4 is 17.3 Å². The Morgan fingerprint density at radius 3 is 2.53 bits per heavy atom. The van der Waals surface area contributed by atoms with E-state index in [1.54, 1.807) is 0 Å². The SMILES string of the molecule is CC(C)(C)Cc1nc(Cl)ccc1[N+](=O)[O-]. The Morgan fingerprint density at radius 1 is 1.47 bits per heavy atom. The summed E-state index contributed by atoms with van der Waals surface area (Å²) in [6.07, 6.45) is 0.532. The van der Waals surface area contributed by atoms with Crippen LogP contribution in [-0.2, 0) is 6.42 Å². The van der Waals surface area contributed by atoms with Gasteiger partial charge in [0.15, 0.2) is 0 Å². The van der Waals surface area contributed by atoms with Crippen molar-refractivity contribution in [3.8, 4) is 0 Å². The van der Waals surface area contributed by atoms with Crippen molar-refractivity contribution in [1.82, 2.24) is 4.98 Å². The van der Waals surface area contributed by atoms with Crippen molar-refractivity contribution in [3.05, 3.63) is 33.1 Å². The van der Waals surface area contributed by atoms with Crippen LogP contribution in [-0.4, -0.2) is 9.91 Å². The van der Waals surface area contributed by atoms with E-state index in [0.717, 1.165) is 0 Å². The molecule has 0 fully saturated rings. The molecule has 0 saturated heterocycles. The van der Waals surface area contributed by atoms with Crippen LogP contribution in [0.2, 0.25) is 5.15 Å². The Labute approximate surface area is 93.4 Å². The van der Waals surface area contributed by atoms with Crippen molar-refractivity contribution in [2.24, 2.45) is 5.41 Å². The van der Waals surface area contributed by atoms with Gasteiger partial charge < -0.3 is 0 Å². The van der Waals surface area contributed by atoms with E-state index >= 15 is 0 Å². The van der Waals surface area contributed by atoms with E-state index in [4.69, 9.17) is 11.6 Å². The monoisotopic (exact) mass is 228 g/mol. The van der Waals surface area contributed by atoms with Gasteiger partial charge in [0.2, 0.25) is 0 Å². The minimum Gasteiger partial charge on any atom is -0.258 e. The summed E-state index contributed by atoms with van der Waals surface area (Å²) >= 11 is 5.72. The summed E-state index contributed by atoms with van der Waals surface area (Å²) in [5.41, 5.74) is 0.428. The second kappa shape index (κ2) is 4.14. The summed E-state index contributed by atoms with van der Waals surface area (Å²) in [6, 6.07) is 2.84. The first-order valence-electron chi connectivity index (χ1n) is 4.59. The van der Waals surface area contributed by atoms with Gasteiger partial charge in [-0.15, -0.1) is 0 Å². The highest BCUT2D eigenvalue weighted by Crippen LogP contribution is 2.26. The smallest absolute Gasteiger partial charge is 0.258 e. The van der Waals surface area contributed by atoms with Crippen LogP contribution < -0.4 is 0 Å². The molecule has 0 aliphatic heterocycles. The summed E-state index contributed by atoms with van der Waals surface area (Å²) in [7, 11) is 0. The number of aromatic nitrogens is 1. The molecular weight excluding hydrogens is 216 g/mol. The van der Waals surface area contributed by atoms with E-state index in [-0.39, 0.29) is 11.1 Å². The standard InChI is InChI=1S/C10H13ClN2O2/c1-10(2,3)6-7-8(13(14)15)4-5-9(11)12-7/h4-5H,6H2,1-3H3. The van der Waals surface area contributed by atoms with Crippen LogP contribution in [0.3, 0.4) is 0 Å². The van der Waals surface area contributed by atoms with Gasteiger partial charge in [-0.2, -0.15) is 0 Å². The van der Waals surface area contributed by atoms with Crippen molar-refractivity contribution in [3.63, 3.8) is 0 Å².